The lowest BCUT2D eigenvalue weighted by Gasteiger charge is -2.08. The van der Waals surface area contributed by atoms with E-state index in [4.69, 9.17) is 23.2 Å². The lowest BCUT2D eigenvalue weighted by atomic mass is 9.97. The summed E-state index contributed by atoms with van der Waals surface area (Å²) in [4.78, 5) is 11.7. The molecule has 0 fully saturated rings. The molecule has 0 spiro atoms. The quantitative estimate of drug-likeness (QED) is 0.553. The highest BCUT2D eigenvalue weighted by Crippen LogP contribution is 2.26. The summed E-state index contributed by atoms with van der Waals surface area (Å²) in [5, 5.41) is 4.18. The van der Waals surface area contributed by atoms with Gasteiger partial charge in [0.2, 0.25) is 5.91 Å². The summed E-state index contributed by atoms with van der Waals surface area (Å²) in [5.41, 5.74) is 3.00. The van der Waals surface area contributed by atoms with Gasteiger partial charge in [-0.3, -0.25) is 4.79 Å². The van der Waals surface area contributed by atoms with Gasteiger partial charge in [-0.2, -0.15) is 0 Å². The number of hydrogen-bond acceptors (Lipinski definition) is 1. The van der Waals surface area contributed by atoms with Crippen LogP contribution in [0.2, 0.25) is 10.0 Å². The van der Waals surface area contributed by atoms with Crippen LogP contribution < -0.4 is 5.32 Å². The van der Waals surface area contributed by atoms with Crippen molar-refractivity contribution in [3.8, 4) is 0 Å². The van der Waals surface area contributed by atoms with Crippen molar-refractivity contribution >= 4 is 34.7 Å². The van der Waals surface area contributed by atoms with Crippen molar-refractivity contribution in [2.45, 2.75) is 19.9 Å². The smallest absolute Gasteiger partial charge is 0.244 e. The monoisotopic (exact) mass is 359 g/mol. The Kier molecular flexibility index (Phi) is 6.65. The van der Waals surface area contributed by atoms with Gasteiger partial charge in [-0.15, -0.1) is 0 Å². The summed E-state index contributed by atoms with van der Waals surface area (Å²) < 4.78 is 0. The maximum Gasteiger partial charge on any atom is 0.244 e. The zero-order chi connectivity index (χ0) is 17.5. The Morgan fingerprint density at radius 2 is 1.38 bits per heavy atom. The molecule has 0 radical (unpaired) electrons. The second kappa shape index (κ2) is 8.72. The molecule has 0 saturated heterocycles. The summed E-state index contributed by atoms with van der Waals surface area (Å²) >= 11 is 11.9. The van der Waals surface area contributed by atoms with Gasteiger partial charge in [-0.1, -0.05) is 59.6 Å². The Morgan fingerprint density at radius 1 is 0.917 bits per heavy atom. The zero-order valence-corrected chi connectivity index (χ0v) is 15.1. The normalized spacial score (nSPS) is 10.9. The largest absolute Gasteiger partial charge is 0.350 e. The first-order valence-corrected chi connectivity index (χ1v) is 8.42. The topological polar surface area (TPSA) is 29.1 Å². The summed E-state index contributed by atoms with van der Waals surface area (Å²) in [5.74, 6) is -0.118. The van der Waals surface area contributed by atoms with Crippen LogP contribution in [-0.4, -0.2) is 11.9 Å². The van der Waals surface area contributed by atoms with Crippen molar-refractivity contribution in [3.63, 3.8) is 0 Å². The molecule has 0 heterocycles. The minimum atomic E-state index is -0.118. The van der Waals surface area contributed by atoms with E-state index in [-0.39, 0.29) is 11.9 Å². The first-order chi connectivity index (χ1) is 11.5. The molecule has 1 N–H and O–H groups in total. The number of rotatable bonds is 5. The third kappa shape index (κ3) is 5.55. The Morgan fingerprint density at radius 3 is 1.79 bits per heavy atom. The van der Waals surface area contributed by atoms with Crippen LogP contribution in [0.5, 0.6) is 0 Å². The maximum absolute atomic E-state index is 11.7. The predicted molar refractivity (Wildman–Crippen MR) is 102 cm³/mol. The molecule has 0 aromatic heterocycles. The Hall–Kier alpha value is -2.03. The fourth-order valence-corrected chi connectivity index (χ4v) is 2.43. The SMILES string of the molecule is CC(C)NC(=O)/C=C/C=C(c1ccc(Cl)cc1)c1ccc(Cl)cc1. The summed E-state index contributed by atoms with van der Waals surface area (Å²) in [6.45, 7) is 3.85. The molecule has 2 aromatic rings. The van der Waals surface area contributed by atoms with Crippen LogP contribution in [0.15, 0.2) is 66.8 Å². The molecule has 0 aliphatic heterocycles. The molecule has 1 amide bonds. The van der Waals surface area contributed by atoms with Crippen molar-refractivity contribution in [2.24, 2.45) is 0 Å². The van der Waals surface area contributed by atoms with Crippen molar-refractivity contribution in [2.75, 3.05) is 0 Å². The van der Waals surface area contributed by atoms with E-state index in [0.717, 1.165) is 16.7 Å². The van der Waals surface area contributed by atoms with E-state index in [0.29, 0.717) is 10.0 Å². The first-order valence-electron chi connectivity index (χ1n) is 7.66. The number of allylic oxidation sites excluding steroid dienone is 2. The van der Waals surface area contributed by atoms with Gasteiger partial charge in [0.15, 0.2) is 0 Å². The highest BCUT2D eigenvalue weighted by atomic mass is 35.5. The van der Waals surface area contributed by atoms with E-state index < -0.39 is 0 Å². The third-order valence-corrected chi connectivity index (χ3v) is 3.76. The molecule has 4 heteroatoms. The van der Waals surface area contributed by atoms with Crippen LogP contribution in [0.25, 0.3) is 5.57 Å². The Bertz CT molecular complexity index is 697. The molecule has 2 aromatic carbocycles. The molecule has 0 atom stereocenters. The number of carbonyl (C=O) groups excluding carboxylic acids is 1. The minimum Gasteiger partial charge on any atom is -0.350 e. The van der Waals surface area contributed by atoms with E-state index in [9.17, 15) is 4.79 Å². The van der Waals surface area contributed by atoms with Crippen LogP contribution in [0.1, 0.15) is 25.0 Å². The van der Waals surface area contributed by atoms with Gasteiger partial charge >= 0.3 is 0 Å². The summed E-state index contributed by atoms with van der Waals surface area (Å²) in [6.07, 6.45) is 5.18. The highest BCUT2D eigenvalue weighted by molar-refractivity contribution is 6.31. The summed E-state index contributed by atoms with van der Waals surface area (Å²) in [7, 11) is 0. The van der Waals surface area contributed by atoms with Crippen molar-refractivity contribution < 1.29 is 4.79 Å². The van der Waals surface area contributed by atoms with Crippen LogP contribution in [0, 0.1) is 0 Å². The number of nitrogens with one attached hydrogen (secondary N) is 1. The molecule has 124 valence electrons. The highest BCUT2D eigenvalue weighted by Gasteiger charge is 2.05. The zero-order valence-electron chi connectivity index (χ0n) is 13.6. The van der Waals surface area contributed by atoms with Crippen LogP contribution in [0.4, 0.5) is 0 Å². The maximum atomic E-state index is 11.7. The summed E-state index contributed by atoms with van der Waals surface area (Å²) in [6, 6.07) is 15.3. The molecular formula is C20H19Cl2NO. The average molecular weight is 360 g/mol. The second-order valence-corrected chi connectivity index (χ2v) is 6.49. The number of benzene rings is 2. The standard InChI is InChI=1S/C20H19Cl2NO/c1-14(2)23-20(24)5-3-4-19(15-6-10-17(21)11-7-15)16-8-12-18(22)13-9-16/h3-14H,1-2H3,(H,23,24)/b5-3+. The van der Waals surface area contributed by atoms with E-state index >= 15 is 0 Å². The fourth-order valence-electron chi connectivity index (χ4n) is 2.18. The van der Waals surface area contributed by atoms with Gasteiger partial charge in [-0.25, -0.2) is 0 Å². The van der Waals surface area contributed by atoms with Crippen LogP contribution >= 0.6 is 23.2 Å². The van der Waals surface area contributed by atoms with E-state index in [2.05, 4.69) is 5.32 Å². The number of amides is 1. The van der Waals surface area contributed by atoms with Crippen LogP contribution in [-0.2, 0) is 4.79 Å². The minimum absolute atomic E-state index is 0.109. The van der Waals surface area contributed by atoms with Gasteiger partial charge in [0.25, 0.3) is 0 Å². The average Bonchev–Trinajstić information content (AvgIpc) is 2.53. The molecule has 0 aliphatic carbocycles. The molecule has 0 saturated carbocycles. The Labute approximate surface area is 152 Å². The van der Waals surface area contributed by atoms with Crippen molar-refractivity contribution in [3.05, 3.63) is 87.9 Å². The van der Waals surface area contributed by atoms with Gasteiger partial charge in [0.1, 0.15) is 0 Å². The molecule has 0 bridgehead atoms. The predicted octanol–water partition coefficient (Wildman–Crippen LogP) is 5.51. The van der Waals surface area contributed by atoms with Gasteiger partial charge in [-0.05, 0) is 54.8 Å². The Balaban J connectivity index is 2.33. The fraction of sp³-hybridized carbons (Fsp3) is 0.150. The molecule has 0 unspecified atom stereocenters. The third-order valence-electron chi connectivity index (χ3n) is 3.25. The molecule has 24 heavy (non-hydrogen) atoms. The first kappa shape index (κ1) is 18.3. The number of halogens is 2. The number of carbonyl (C=O) groups is 1. The van der Waals surface area contributed by atoms with Crippen molar-refractivity contribution in [1.82, 2.24) is 5.32 Å². The van der Waals surface area contributed by atoms with Crippen molar-refractivity contribution in [1.29, 1.82) is 0 Å². The van der Waals surface area contributed by atoms with E-state index in [1.165, 1.54) is 6.08 Å². The van der Waals surface area contributed by atoms with Gasteiger partial charge in [0.05, 0.1) is 0 Å². The molecule has 2 rings (SSSR count). The molecule has 2 nitrogen and oxygen atoms in total. The number of hydrogen-bond donors (Lipinski definition) is 1. The lowest BCUT2D eigenvalue weighted by Crippen LogP contribution is -2.28. The van der Waals surface area contributed by atoms with Gasteiger partial charge in [0, 0.05) is 22.2 Å². The van der Waals surface area contributed by atoms with Gasteiger partial charge < -0.3 is 5.32 Å². The van der Waals surface area contributed by atoms with E-state index in [1.807, 2.05) is 68.5 Å². The lowest BCUT2D eigenvalue weighted by molar-refractivity contribution is -0.116. The molecule has 0 aliphatic rings. The molecular weight excluding hydrogens is 341 g/mol. The van der Waals surface area contributed by atoms with E-state index in [1.54, 1.807) is 6.08 Å². The van der Waals surface area contributed by atoms with Crippen LogP contribution in [0.3, 0.4) is 0 Å². The second-order valence-electron chi connectivity index (χ2n) is 5.62.